The van der Waals surface area contributed by atoms with Gasteiger partial charge in [0.25, 0.3) is 0 Å². The van der Waals surface area contributed by atoms with Crippen LogP contribution in [0.5, 0.6) is 0 Å². The van der Waals surface area contributed by atoms with E-state index in [0.29, 0.717) is 5.69 Å². The number of rotatable bonds is 7. The monoisotopic (exact) mass is 276 g/mol. The van der Waals surface area contributed by atoms with Crippen molar-refractivity contribution in [3.8, 4) is 6.07 Å². The number of nitriles is 1. The molecule has 0 aliphatic rings. The lowest BCUT2D eigenvalue weighted by molar-refractivity contribution is -0.384. The first-order valence-electron chi connectivity index (χ1n) is 6.69. The third kappa shape index (κ3) is 3.93. The Kier molecular flexibility index (Phi) is 5.94. The van der Waals surface area contributed by atoms with Crippen molar-refractivity contribution in [2.45, 2.75) is 26.8 Å². The molecule has 0 fully saturated rings. The number of hydrogen-bond acceptors (Lipinski definition) is 5. The summed E-state index contributed by atoms with van der Waals surface area (Å²) in [7, 11) is 0. The predicted octanol–water partition coefficient (Wildman–Crippen LogP) is 2.61. The van der Waals surface area contributed by atoms with E-state index in [2.05, 4.69) is 24.1 Å². The van der Waals surface area contributed by atoms with Crippen LogP contribution in [0.2, 0.25) is 0 Å². The van der Waals surface area contributed by atoms with Crippen LogP contribution in [0.3, 0.4) is 0 Å². The molecule has 0 heterocycles. The van der Waals surface area contributed by atoms with E-state index in [-0.39, 0.29) is 17.3 Å². The van der Waals surface area contributed by atoms with Crippen LogP contribution in [-0.2, 0) is 0 Å². The molecule has 6 heteroatoms. The van der Waals surface area contributed by atoms with E-state index >= 15 is 0 Å². The van der Waals surface area contributed by atoms with Crippen molar-refractivity contribution in [2.24, 2.45) is 0 Å². The summed E-state index contributed by atoms with van der Waals surface area (Å²) >= 11 is 0. The van der Waals surface area contributed by atoms with E-state index in [0.717, 1.165) is 19.6 Å². The molecule has 0 radical (unpaired) electrons. The zero-order valence-electron chi connectivity index (χ0n) is 12.1. The molecule has 0 aliphatic heterocycles. The molecule has 1 unspecified atom stereocenters. The Morgan fingerprint density at radius 2 is 2.10 bits per heavy atom. The van der Waals surface area contributed by atoms with Crippen LogP contribution in [0, 0.1) is 21.4 Å². The summed E-state index contributed by atoms with van der Waals surface area (Å²) in [6, 6.07) is 6.66. The summed E-state index contributed by atoms with van der Waals surface area (Å²) < 4.78 is 0. The van der Waals surface area contributed by atoms with Crippen molar-refractivity contribution in [3.63, 3.8) is 0 Å². The molecule has 0 aromatic heterocycles. The fourth-order valence-corrected chi connectivity index (χ4v) is 2.13. The van der Waals surface area contributed by atoms with Crippen LogP contribution in [0.25, 0.3) is 0 Å². The first kappa shape index (κ1) is 15.9. The molecule has 0 amide bonds. The number of benzene rings is 1. The van der Waals surface area contributed by atoms with Gasteiger partial charge in [-0.1, -0.05) is 19.9 Å². The van der Waals surface area contributed by atoms with Gasteiger partial charge in [0.15, 0.2) is 0 Å². The highest BCUT2D eigenvalue weighted by Crippen LogP contribution is 2.28. The first-order valence-corrected chi connectivity index (χ1v) is 6.69. The molecule has 108 valence electrons. The fraction of sp³-hybridized carbons (Fsp3) is 0.500. The average molecular weight is 276 g/mol. The maximum absolute atomic E-state index is 11.1. The molecule has 0 spiro atoms. The fourth-order valence-electron chi connectivity index (χ4n) is 2.13. The SMILES string of the molecule is CCN(CC)CC(C)Nc1cccc(C#N)c1[N+](=O)[O-]. The number of para-hydroxylation sites is 1. The van der Waals surface area contributed by atoms with Crippen molar-refractivity contribution in [1.82, 2.24) is 4.90 Å². The summed E-state index contributed by atoms with van der Waals surface area (Å²) in [6.45, 7) is 8.79. The number of nitrogens with one attached hydrogen (secondary N) is 1. The number of likely N-dealkylation sites (N-methyl/N-ethyl adjacent to an activating group) is 1. The van der Waals surface area contributed by atoms with Crippen molar-refractivity contribution in [2.75, 3.05) is 25.0 Å². The first-order chi connectivity index (χ1) is 9.53. The molecule has 1 aromatic carbocycles. The molecular formula is C14H20N4O2. The third-order valence-corrected chi connectivity index (χ3v) is 3.17. The molecule has 1 N–H and O–H groups in total. The highest BCUT2D eigenvalue weighted by molar-refractivity contribution is 5.68. The Bertz CT molecular complexity index is 506. The Hall–Kier alpha value is -2.13. The van der Waals surface area contributed by atoms with Crippen LogP contribution < -0.4 is 5.32 Å². The minimum absolute atomic E-state index is 0.0579. The average Bonchev–Trinajstić information content (AvgIpc) is 2.43. The van der Waals surface area contributed by atoms with Crippen molar-refractivity contribution in [1.29, 1.82) is 5.26 Å². The zero-order chi connectivity index (χ0) is 15.1. The Morgan fingerprint density at radius 3 is 2.60 bits per heavy atom. The van der Waals surface area contributed by atoms with Gasteiger partial charge >= 0.3 is 5.69 Å². The Labute approximate surface area is 119 Å². The van der Waals surface area contributed by atoms with Crippen LogP contribution >= 0.6 is 0 Å². The lowest BCUT2D eigenvalue weighted by Crippen LogP contribution is -2.34. The van der Waals surface area contributed by atoms with Gasteiger partial charge in [-0.15, -0.1) is 0 Å². The molecule has 20 heavy (non-hydrogen) atoms. The number of anilines is 1. The second-order valence-corrected chi connectivity index (χ2v) is 4.60. The molecule has 0 bridgehead atoms. The van der Waals surface area contributed by atoms with Gasteiger partial charge in [0.05, 0.1) is 4.92 Å². The number of nitrogens with zero attached hydrogens (tertiary/aromatic N) is 3. The minimum atomic E-state index is -0.509. The molecule has 1 atom stereocenters. The topological polar surface area (TPSA) is 82.2 Å². The summed E-state index contributed by atoms with van der Waals surface area (Å²) in [5, 5.41) is 23.2. The highest BCUT2D eigenvalue weighted by atomic mass is 16.6. The van der Waals surface area contributed by atoms with E-state index in [1.165, 1.54) is 6.07 Å². The maximum Gasteiger partial charge on any atom is 0.309 e. The van der Waals surface area contributed by atoms with Crippen molar-refractivity contribution < 1.29 is 4.92 Å². The van der Waals surface area contributed by atoms with Gasteiger partial charge in [-0.3, -0.25) is 10.1 Å². The zero-order valence-corrected chi connectivity index (χ0v) is 12.1. The maximum atomic E-state index is 11.1. The van der Waals surface area contributed by atoms with E-state index in [4.69, 9.17) is 5.26 Å². The Balaban J connectivity index is 2.92. The third-order valence-electron chi connectivity index (χ3n) is 3.17. The predicted molar refractivity (Wildman–Crippen MR) is 78.7 cm³/mol. The normalized spacial score (nSPS) is 11.9. The van der Waals surface area contributed by atoms with Gasteiger partial charge in [-0.2, -0.15) is 5.26 Å². The molecular weight excluding hydrogens is 256 g/mol. The summed E-state index contributed by atoms with van der Waals surface area (Å²) in [5.41, 5.74) is 0.324. The summed E-state index contributed by atoms with van der Waals surface area (Å²) in [5.74, 6) is 0. The van der Waals surface area contributed by atoms with Crippen LogP contribution in [0.4, 0.5) is 11.4 Å². The smallest absolute Gasteiger partial charge is 0.309 e. The molecule has 0 saturated carbocycles. The summed E-state index contributed by atoms with van der Waals surface area (Å²) in [6.07, 6.45) is 0. The van der Waals surface area contributed by atoms with Gasteiger partial charge in [-0.05, 0) is 32.1 Å². The number of hydrogen-bond donors (Lipinski definition) is 1. The number of nitro groups is 1. The van der Waals surface area contributed by atoms with E-state index in [1.54, 1.807) is 12.1 Å². The van der Waals surface area contributed by atoms with Gasteiger partial charge in [-0.25, -0.2) is 0 Å². The lowest BCUT2D eigenvalue weighted by Gasteiger charge is -2.24. The van der Waals surface area contributed by atoms with E-state index in [1.807, 2.05) is 13.0 Å². The Morgan fingerprint density at radius 1 is 1.45 bits per heavy atom. The van der Waals surface area contributed by atoms with Gasteiger partial charge < -0.3 is 10.2 Å². The second kappa shape index (κ2) is 7.46. The molecule has 0 aliphatic carbocycles. The summed E-state index contributed by atoms with van der Waals surface area (Å²) in [4.78, 5) is 12.8. The van der Waals surface area contributed by atoms with Crippen LogP contribution in [0.15, 0.2) is 18.2 Å². The molecule has 0 saturated heterocycles. The van der Waals surface area contributed by atoms with Crippen LogP contribution in [0.1, 0.15) is 26.3 Å². The molecule has 1 rings (SSSR count). The molecule has 1 aromatic rings. The standard InChI is InChI=1S/C14H20N4O2/c1-4-17(5-2)10-11(3)16-13-8-6-7-12(9-15)14(13)18(19)20/h6-8,11,16H,4-5,10H2,1-3H3. The van der Waals surface area contributed by atoms with E-state index < -0.39 is 4.92 Å². The van der Waals surface area contributed by atoms with Gasteiger partial charge in [0.2, 0.25) is 0 Å². The largest absolute Gasteiger partial charge is 0.376 e. The minimum Gasteiger partial charge on any atom is -0.376 e. The van der Waals surface area contributed by atoms with Crippen molar-refractivity contribution >= 4 is 11.4 Å². The van der Waals surface area contributed by atoms with Gasteiger partial charge in [0, 0.05) is 12.6 Å². The van der Waals surface area contributed by atoms with Crippen LogP contribution in [-0.4, -0.2) is 35.5 Å². The highest BCUT2D eigenvalue weighted by Gasteiger charge is 2.20. The molecule has 6 nitrogen and oxygen atoms in total. The lowest BCUT2D eigenvalue weighted by atomic mass is 10.1. The van der Waals surface area contributed by atoms with E-state index in [9.17, 15) is 10.1 Å². The van der Waals surface area contributed by atoms with Gasteiger partial charge in [0.1, 0.15) is 17.3 Å². The number of nitro benzene ring substituents is 1. The second-order valence-electron chi connectivity index (χ2n) is 4.60. The van der Waals surface area contributed by atoms with Crippen molar-refractivity contribution in [3.05, 3.63) is 33.9 Å². The quantitative estimate of drug-likeness (QED) is 0.611.